The number of aromatic nitrogens is 3. The molecule has 1 aromatic heterocycles. The number of carbonyl (C=O) groups excluding carboxylic acids is 1. The van der Waals surface area contributed by atoms with Crippen LogP contribution in [-0.4, -0.2) is 27.5 Å². The second-order valence-corrected chi connectivity index (χ2v) is 6.17. The van der Waals surface area contributed by atoms with Gasteiger partial charge in [-0.15, -0.1) is 5.10 Å². The molecule has 0 spiro atoms. The van der Waals surface area contributed by atoms with Crippen molar-refractivity contribution in [3.63, 3.8) is 0 Å². The molecule has 1 heterocycles. The van der Waals surface area contributed by atoms with Gasteiger partial charge in [0.1, 0.15) is 0 Å². The smallest absolute Gasteiger partial charge is 0.244 e. The molecule has 0 aliphatic heterocycles. The average Bonchev–Trinajstić information content (AvgIpc) is 2.64. The Balaban J connectivity index is 1.60. The molecule has 2 N–H and O–H groups in total. The third-order valence-corrected chi connectivity index (χ3v) is 3.96. The van der Waals surface area contributed by atoms with Gasteiger partial charge in [0.05, 0.1) is 6.20 Å². The SMILES string of the molecule is CC(=O)c1cccc(Nc2cnnc(NCCc3ccc(Cl)cc3)n2)c1. The Morgan fingerprint density at radius 2 is 1.96 bits per heavy atom. The highest BCUT2D eigenvalue weighted by Gasteiger charge is 2.04. The summed E-state index contributed by atoms with van der Waals surface area (Å²) in [7, 11) is 0. The summed E-state index contributed by atoms with van der Waals surface area (Å²) >= 11 is 5.88. The van der Waals surface area contributed by atoms with Gasteiger partial charge in [-0.3, -0.25) is 4.79 Å². The fourth-order valence-electron chi connectivity index (χ4n) is 2.37. The van der Waals surface area contributed by atoms with E-state index in [4.69, 9.17) is 11.6 Å². The van der Waals surface area contributed by atoms with Crippen LogP contribution in [0.3, 0.4) is 0 Å². The molecule has 0 aliphatic rings. The Labute approximate surface area is 156 Å². The fraction of sp³-hybridized carbons (Fsp3) is 0.158. The van der Waals surface area contributed by atoms with Gasteiger partial charge in [-0.1, -0.05) is 35.9 Å². The molecule has 0 atom stereocenters. The largest absolute Gasteiger partial charge is 0.353 e. The van der Waals surface area contributed by atoms with Gasteiger partial charge in [-0.05, 0) is 43.2 Å². The van der Waals surface area contributed by atoms with Gasteiger partial charge >= 0.3 is 0 Å². The van der Waals surface area contributed by atoms with Crippen LogP contribution in [0.15, 0.2) is 54.7 Å². The minimum absolute atomic E-state index is 0.0130. The summed E-state index contributed by atoms with van der Waals surface area (Å²) in [6.07, 6.45) is 2.35. The Morgan fingerprint density at radius 3 is 2.73 bits per heavy atom. The van der Waals surface area contributed by atoms with E-state index in [2.05, 4.69) is 25.8 Å². The molecule has 6 nitrogen and oxygen atoms in total. The summed E-state index contributed by atoms with van der Waals surface area (Å²) in [4.78, 5) is 15.9. The Kier molecular flexibility index (Phi) is 5.76. The molecule has 26 heavy (non-hydrogen) atoms. The number of nitrogens with zero attached hydrogens (tertiary/aromatic N) is 3. The number of hydrogen-bond acceptors (Lipinski definition) is 6. The van der Waals surface area contributed by atoms with Gasteiger partial charge in [0, 0.05) is 22.8 Å². The van der Waals surface area contributed by atoms with E-state index in [0.717, 1.165) is 17.1 Å². The minimum Gasteiger partial charge on any atom is -0.353 e. The molecule has 132 valence electrons. The molecule has 0 aliphatic carbocycles. The molecule has 7 heteroatoms. The number of hydrogen-bond donors (Lipinski definition) is 2. The van der Waals surface area contributed by atoms with Gasteiger partial charge in [0.15, 0.2) is 11.6 Å². The lowest BCUT2D eigenvalue weighted by Gasteiger charge is -2.08. The lowest BCUT2D eigenvalue weighted by atomic mass is 10.1. The monoisotopic (exact) mass is 367 g/mol. The van der Waals surface area contributed by atoms with Crippen molar-refractivity contribution in [2.45, 2.75) is 13.3 Å². The maximum absolute atomic E-state index is 11.5. The standard InChI is InChI=1S/C19H18ClN5O/c1-13(26)15-3-2-4-17(11-15)23-18-12-22-25-19(24-18)21-10-9-14-5-7-16(20)8-6-14/h2-8,11-12H,9-10H2,1H3,(H2,21,23,24,25). The summed E-state index contributed by atoms with van der Waals surface area (Å²) in [5.41, 5.74) is 2.58. The van der Waals surface area contributed by atoms with Gasteiger partial charge in [0.2, 0.25) is 5.95 Å². The number of benzene rings is 2. The first-order chi connectivity index (χ1) is 12.6. The van der Waals surface area contributed by atoms with Gasteiger partial charge < -0.3 is 10.6 Å². The summed E-state index contributed by atoms with van der Waals surface area (Å²) < 4.78 is 0. The number of carbonyl (C=O) groups is 1. The van der Waals surface area contributed by atoms with Crippen LogP contribution >= 0.6 is 11.6 Å². The predicted molar refractivity (Wildman–Crippen MR) is 103 cm³/mol. The lowest BCUT2D eigenvalue weighted by molar-refractivity contribution is 0.101. The predicted octanol–water partition coefficient (Wildman–Crippen LogP) is 4.13. The normalized spacial score (nSPS) is 10.4. The minimum atomic E-state index is 0.0130. The van der Waals surface area contributed by atoms with Gasteiger partial charge in [0.25, 0.3) is 0 Å². The first kappa shape index (κ1) is 17.8. The number of nitrogens with one attached hydrogen (secondary N) is 2. The molecule has 0 bridgehead atoms. The molecule has 3 rings (SSSR count). The topological polar surface area (TPSA) is 79.8 Å². The van der Waals surface area contributed by atoms with Crippen molar-refractivity contribution in [2.24, 2.45) is 0 Å². The maximum atomic E-state index is 11.5. The quantitative estimate of drug-likeness (QED) is 0.611. The molecule has 0 saturated carbocycles. The van der Waals surface area contributed by atoms with E-state index in [-0.39, 0.29) is 5.78 Å². The molecule has 0 radical (unpaired) electrons. The van der Waals surface area contributed by atoms with Crippen LogP contribution in [0.1, 0.15) is 22.8 Å². The van der Waals surface area contributed by atoms with Crippen molar-refractivity contribution in [1.82, 2.24) is 15.2 Å². The van der Waals surface area contributed by atoms with Crippen LogP contribution in [-0.2, 0) is 6.42 Å². The summed E-state index contributed by atoms with van der Waals surface area (Å²) in [6, 6.07) is 14.9. The first-order valence-corrected chi connectivity index (χ1v) is 8.54. The van der Waals surface area contributed by atoms with E-state index < -0.39 is 0 Å². The molecule has 3 aromatic rings. The van der Waals surface area contributed by atoms with E-state index >= 15 is 0 Å². The van der Waals surface area contributed by atoms with Crippen LogP contribution < -0.4 is 10.6 Å². The van der Waals surface area contributed by atoms with E-state index in [1.807, 2.05) is 36.4 Å². The number of Topliss-reactive ketones (excluding diaryl/α,β-unsaturated/α-hetero) is 1. The van der Waals surface area contributed by atoms with E-state index in [1.54, 1.807) is 12.1 Å². The third kappa shape index (κ3) is 5.00. The van der Waals surface area contributed by atoms with Crippen LogP contribution in [0.4, 0.5) is 17.5 Å². The lowest BCUT2D eigenvalue weighted by Crippen LogP contribution is -2.09. The van der Waals surface area contributed by atoms with Crippen LogP contribution in [0.25, 0.3) is 0 Å². The molecule has 0 fully saturated rings. The number of anilines is 3. The third-order valence-electron chi connectivity index (χ3n) is 3.71. The highest BCUT2D eigenvalue weighted by Crippen LogP contribution is 2.16. The molecule has 2 aromatic carbocycles. The van der Waals surface area contributed by atoms with Crippen LogP contribution in [0, 0.1) is 0 Å². The maximum Gasteiger partial charge on any atom is 0.244 e. The highest BCUT2D eigenvalue weighted by atomic mass is 35.5. The fourth-order valence-corrected chi connectivity index (χ4v) is 2.50. The average molecular weight is 368 g/mol. The van der Waals surface area contributed by atoms with Crippen molar-refractivity contribution in [3.8, 4) is 0 Å². The summed E-state index contributed by atoms with van der Waals surface area (Å²) in [6.45, 7) is 2.21. The molecule has 0 unspecified atom stereocenters. The Bertz CT molecular complexity index is 898. The number of rotatable bonds is 7. The zero-order valence-electron chi connectivity index (χ0n) is 14.2. The van der Waals surface area contributed by atoms with Crippen molar-refractivity contribution in [2.75, 3.05) is 17.2 Å². The zero-order valence-corrected chi connectivity index (χ0v) is 15.0. The number of ketones is 1. The summed E-state index contributed by atoms with van der Waals surface area (Å²) in [5.74, 6) is 1.00. The van der Waals surface area contributed by atoms with Crippen LogP contribution in [0.5, 0.6) is 0 Å². The molecular weight excluding hydrogens is 350 g/mol. The molecule has 0 saturated heterocycles. The highest BCUT2D eigenvalue weighted by molar-refractivity contribution is 6.30. The van der Waals surface area contributed by atoms with Crippen molar-refractivity contribution < 1.29 is 4.79 Å². The molecular formula is C19H18ClN5O. The number of halogens is 1. The Hall–Kier alpha value is -2.99. The molecule has 0 amide bonds. The van der Waals surface area contributed by atoms with Crippen LogP contribution in [0.2, 0.25) is 5.02 Å². The van der Waals surface area contributed by atoms with Crippen molar-refractivity contribution in [3.05, 3.63) is 70.9 Å². The second-order valence-electron chi connectivity index (χ2n) is 5.73. The van der Waals surface area contributed by atoms with E-state index in [9.17, 15) is 4.79 Å². The summed E-state index contributed by atoms with van der Waals surface area (Å²) in [5, 5.41) is 14.9. The Morgan fingerprint density at radius 1 is 1.15 bits per heavy atom. The second kappa shape index (κ2) is 8.40. The van der Waals surface area contributed by atoms with Crippen molar-refractivity contribution >= 4 is 34.8 Å². The van der Waals surface area contributed by atoms with Crippen molar-refractivity contribution in [1.29, 1.82) is 0 Å². The first-order valence-electron chi connectivity index (χ1n) is 8.16. The van der Waals surface area contributed by atoms with E-state index in [0.29, 0.717) is 23.9 Å². The zero-order chi connectivity index (χ0) is 18.4. The van der Waals surface area contributed by atoms with Gasteiger partial charge in [-0.2, -0.15) is 10.1 Å². The van der Waals surface area contributed by atoms with E-state index in [1.165, 1.54) is 18.7 Å². The van der Waals surface area contributed by atoms with Gasteiger partial charge in [-0.25, -0.2) is 0 Å².